The summed E-state index contributed by atoms with van der Waals surface area (Å²) in [5.41, 5.74) is 2.25. The first-order chi connectivity index (χ1) is 14.6. The molecule has 0 saturated carbocycles. The molecule has 0 heterocycles. The first-order valence-corrected chi connectivity index (χ1v) is 10.1. The molecule has 0 atom stereocenters. The summed E-state index contributed by atoms with van der Waals surface area (Å²) in [5, 5.41) is 6.69. The molecule has 2 N–H and O–H groups in total. The Labute approximate surface area is 180 Å². The van der Waals surface area contributed by atoms with Gasteiger partial charge in [0.1, 0.15) is 0 Å². The number of aliphatic imine (C=N–C) groups is 1. The molecule has 2 aromatic rings. The van der Waals surface area contributed by atoms with E-state index in [1.807, 2.05) is 18.2 Å². The van der Waals surface area contributed by atoms with Crippen LogP contribution >= 0.6 is 0 Å². The topological polar surface area (TPSA) is 67.4 Å². The molecule has 7 heteroatoms. The van der Waals surface area contributed by atoms with Crippen LogP contribution in [0.2, 0.25) is 0 Å². The molecule has 0 spiro atoms. The van der Waals surface area contributed by atoms with Crippen molar-refractivity contribution in [3.05, 3.63) is 48.0 Å². The summed E-state index contributed by atoms with van der Waals surface area (Å²) >= 11 is 0. The van der Waals surface area contributed by atoms with E-state index in [2.05, 4.69) is 51.8 Å². The number of nitrogens with zero attached hydrogens (tertiary/aromatic N) is 2. The van der Waals surface area contributed by atoms with Gasteiger partial charge in [-0.05, 0) is 42.7 Å². The van der Waals surface area contributed by atoms with Crippen molar-refractivity contribution < 1.29 is 14.2 Å². The molecule has 0 radical (unpaired) electrons. The van der Waals surface area contributed by atoms with E-state index >= 15 is 0 Å². The van der Waals surface area contributed by atoms with Gasteiger partial charge in [-0.15, -0.1) is 0 Å². The standard InChI is InChI=1S/C23H34N4O3/c1-24-23(25-13-9-10-14-27(2)19-11-7-6-8-12-19)26-17-18-15-20(28-3)22(30-5)21(16-18)29-4/h6-8,11-12,15-16H,9-10,13-14,17H2,1-5H3,(H2,24,25,26). The highest BCUT2D eigenvalue weighted by Gasteiger charge is 2.13. The molecule has 0 aliphatic heterocycles. The van der Waals surface area contributed by atoms with Gasteiger partial charge in [0, 0.05) is 39.4 Å². The molecule has 7 nitrogen and oxygen atoms in total. The number of methoxy groups -OCH3 is 3. The first kappa shape index (κ1) is 23.2. The first-order valence-electron chi connectivity index (χ1n) is 10.1. The maximum Gasteiger partial charge on any atom is 0.203 e. The molecule has 0 amide bonds. The summed E-state index contributed by atoms with van der Waals surface area (Å²) in [7, 11) is 8.73. The summed E-state index contributed by atoms with van der Waals surface area (Å²) in [5.74, 6) is 2.63. The quantitative estimate of drug-likeness (QED) is 0.334. The molecule has 0 fully saturated rings. The van der Waals surface area contributed by atoms with Gasteiger partial charge in [-0.25, -0.2) is 0 Å². The zero-order valence-corrected chi connectivity index (χ0v) is 18.7. The Kier molecular flexibility index (Phi) is 9.64. The SMILES string of the molecule is CN=C(NCCCCN(C)c1ccccc1)NCc1cc(OC)c(OC)c(OC)c1. The van der Waals surface area contributed by atoms with E-state index in [4.69, 9.17) is 14.2 Å². The van der Waals surface area contributed by atoms with Crippen LogP contribution in [0, 0.1) is 0 Å². The van der Waals surface area contributed by atoms with E-state index in [1.54, 1.807) is 28.4 Å². The van der Waals surface area contributed by atoms with Crippen molar-refractivity contribution in [3.63, 3.8) is 0 Å². The number of ether oxygens (including phenoxy) is 3. The predicted molar refractivity (Wildman–Crippen MR) is 123 cm³/mol. The second-order valence-corrected chi connectivity index (χ2v) is 6.85. The number of para-hydroxylation sites is 1. The molecule has 0 unspecified atom stereocenters. The molecule has 30 heavy (non-hydrogen) atoms. The lowest BCUT2D eigenvalue weighted by Crippen LogP contribution is -2.37. The number of unbranched alkanes of at least 4 members (excludes halogenated alkanes) is 1. The highest BCUT2D eigenvalue weighted by Crippen LogP contribution is 2.38. The van der Waals surface area contributed by atoms with Crippen LogP contribution in [0.4, 0.5) is 5.69 Å². The van der Waals surface area contributed by atoms with E-state index in [-0.39, 0.29) is 0 Å². The second-order valence-electron chi connectivity index (χ2n) is 6.85. The van der Waals surface area contributed by atoms with Gasteiger partial charge in [-0.2, -0.15) is 0 Å². The smallest absolute Gasteiger partial charge is 0.203 e. The van der Waals surface area contributed by atoms with Gasteiger partial charge in [0.25, 0.3) is 0 Å². The van der Waals surface area contributed by atoms with Gasteiger partial charge in [0.15, 0.2) is 17.5 Å². The van der Waals surface area contributed by atoms with E-state index in [1.165, 1.54) is 5.69 Å². The number of rotatable bonds is 11. The van der Waals surface area contributed by atoms with Crippen molar-refractivity contribution >= 4 is 11.6 Å². The van der Waals surface area contributed by atoms with E-state index < -0.39 is 0 Å². The van der Waals surface area contributed by atoms with Crippen molar-refractivity contribution in [2.75, 3.05) is 53.4 Å². The molecule has 0 bridgehead atoms. The lowest BCUT2D eigenvalue weighted by molar-refractivity contribution is 0.323. The van der Waals surface area contributed by atoms with Crippen LogP contribution in [0.25, 0.3) is 0 Å². The average molecular weight is 415 g/mol. The van der Waals surface area contributed by atoms with Crippen LogP contribution in [-0.2, 0) is 6.54 Å². The van der Waals surface area contributed by atoms with Crippen molar-refractivity contribution in [3.8, 4) is 17.2 Å². The summed E-state index contributed by atoms with van der Waals surface area (Å²) < 4.78 is 16.2. The summed E-state index contributed by atoms with van der Waals surface area (Å²) in [6, 6.07) is 14.3. The molecule has 0 aliphatic carbocycles. The van der Waals surface area contributed by atoms with Gasteiger partial charge < -0.3 is 29.7 Å². The Morgan fingerprint density at radius 3 is 2.17 bits per heavy atom. The summed E-state index contributed by atoms with van der Waals surface area (Å²) in [6.45, 7) is 2.47. The average Bonchev–Trinajstić information content (AvgIpc) is 2.80. The molecule has 0 saturated heterocycles. The number of benzene rings is 2. The van der Waals surface area contributed by atoms with E-state index in [9.17, 15) is 0 Å². The van der Waals surface area contributed by atoms with Gasteiger partial charge >= 0.3 is 0 Å². The van der Waals surface area contributed by atoms with Gasteiger partial charge in [-0.1, -0.05) is 18.2 Å². The van der Waals surface area contributed by atoms with Crippen molar-refractivity contribution in [1.82, 2.24) is 10.6 Å². The third kappa shape index (κ3) is 6.76. The number of anilines is 1. The van der Waals surface area contributed by atoms with Gasteiger partial charge in [0.2, 0.25) is 5.75 Å². The van der Waals surface area contributed by atoms with Crippen molar-refractivity contribution in [2.24, 2.45) is 4.99 Å². The van der Waals surface area contributed by atoms with Crippen molar-refractivity contribution in [2.45, 2.75) is 19.4 Å². The third-order valence-electron chi connectivity index (χ3n) is 4.82. The Morgan fingerprint density at radius 2 is 1.60 bits per heavy atom. The van der Waals surface area contributed by atoms with Crippen LogP contribution in [0.3, 0.4) is 0 Å². The normalized spacial score (nSPS) is 11.0. The number of nitrogens with one attached hydrogen (secondary N) is 2. The maximum atomic E-state index is 5.41. The fraction of sp³-hybridized carbons (Fsp3) is 0.435. The highest BCUT2D eigenvalue weighted by atomic mass is 16.5. The Morgan fingerprint density at radius 1 is 0.933 bits per heavy atom. The van der Waals surface area contributed by atoms with Gasteiger partial charge in [-0.3, -0.25) is 4.99 Å². The van der Waals surface area contributed by atoms with Crippen molar-refractivity contribution in [1.29, 1.82) is 0 Å². The Bertz CT molecular complexity index is 771. The fourth-order valence-electron chi connectivity index (χ4n) is 3.14. The third-order valence-corrected chi connectivity index (χ3v) is 4.82. The summed E-state index contributed by atoms with van der Waals surface area (Å²) in [6.07, 6.45) is 2.16. The predicted octanol–water partition coefficient (Wildman–Crippen LogP) is 3.29. The molecule has 164 valence electrons. The lowest BCUT2D eigenvalue weighted by atomic mass is 10.2. The minimum absolute atomic E-state index is 0.590. The monoisotopic (exact) mass is 414 g/mol. The highest BCUT2D eigenvalue weighted by molar-refractivity contribution is 5.79. The Hall–Kier alpha value is -3.09. The van der Waals surface area contributed by atoms with Gasteiger partial charge in [0.05, 0.1) is 21.3 Å². The van der Waals surface area contributed by atoms with Crippen LogP contribution < -0.4 is 29.7 Å². The number of hydrogen-bond acceptors (Lipinski definition) is 5. The molecule has 0 aromatic heterocycles. The molecule has 0 aliphatic rings. The Balaban J connectivity index is 1.77. The largest absolute Gasteiger partial charge is 0.493 e. The van der Waals surface area contributed by atoms with E-state index in [0.29, 0.717) is 23.8 Å². The minimum Gasteiger partial charge on any atom is -0.493 e. The van der Waals surface area contributed by atoms with Crippen LogP contribution in [0.15, 0.2) is 47.5 Å². The zero-order chi connectivity index (χ0) is 21.8. The van der Waals surface area contributed by atoms with Crippen LogP contribution in [-0.4, -0.2) is 54.5 Å². The van der Waals surface area contributed by atoms with Crippen LogP contribution in [0.5, 0.6) is 17.2 Å². The molecule has 2 rings (SSSR count). The maximum absolute atomic E-state index is 5.41. The number of guanidine groups is 1. The zero-order valence-electron chi connectivity index (χ0n) is 18.7. The second kappa shape index (κ2) is 12.5. The summed E-state index contributed by atoms with van der Waals surface area (Å²) in [4.78, 5) is 6.57. The number of hydrogen-bond donors (Lipinski definition) is 2. The lowest BCUT2D eigenvalue weighted by Gasteiger charge is -2.19. The van der Waals surface area contributed by atoms with Crippen LogP contribution in [0.1, 0.15) is 18.4 Å². The minimum atomic E-state index is 0.590. The fourth-order valence-corrected chi connectivity index (χ4v) is 3.14. The molecular formula is C23H34N4O3. The molecular weight excluding hydrogens is 380 g/mol. The molecule has 2 aromatic carbocycles. The van der Waals surface area contributed by atoms with E-state index in [0.717, 1.165) is 37.5 Å².